The lowest BCUT2D eigenvalue weighted by Crippen LogP contribution is -2.52. The molecular formula is C17H26N6O2. The van der Waals surface area contributed by atoms with E-state index in [0.29, 0.717) is 13.1 Å². The number of anilines is 1. The number of carbonyl (C=O) groups excluding carboxylic acids is 1. The van der Waals surface area contributed by atoms with Crippen LogP contribution in [0.3, 0.4) is 0 Å². The van der Waals surface area contributed by atoms with Crippen LogP contribution >= 0.6 is 0 Å². The van der Waals surface area contributed by atoms with Crippen LogP contribution in [-0.4, -0.2) is 52.0 Å². The summed E-state index contributed by atoms with van der Waals surface area (Å²) in [5.74, 6) is 0.769. The average Bonchev–Trinajstić information content (AvgIpc) is 3.19. The molecule has 0 aromatic carbocycles. The Balaban J connectivity index is 1.59. The van der Waals surface area contributed by atoms with Gasteiger partial charge in [0, 0.05) is 45.0 Å². The molecule has 0 radical (unpaired) electrons. The topological polar surface area (TPSA) is 79.4 Å². The molecule has 2 aromatic heterocycles. The first-order chi connectivity index (χ1) is 12.0. The summed E-state index contributed by atoms with van der Waals surface area (Å²) in [6, 6.07) is -0.104. The molecule has 0 saturated carbocycles. The quantitative estimate of drug-likeness (QED) is 0.916. The first kappa shape index (κ1) is 17.3. The van der Waals surface area contributed by atoms with Gasteiger partial charge in [-0.3, -0.25) is 4.68 Å². The number of nitrogens with zero attached hydrogens (tertiary/aromatic N) is 5. The Hall–Kier alpha value is -2.51. The van der Waals surface area contributed by atoms with E-state index in [1.165, 1.54) is 0 Å². The van der Waals surface area contributed by atoms with Crippen LogP contribution in [0.2, 0.25) is 0 Å². The third-order valence-corrected chi connectivity index (χ3v) is 4.77. The molecule has 25 heavy (non-hydrogen) atoms. The molecule has 3 rings (SSSR count). The number of amides is 2. The number of aromatic nitrogens is 3. The van der Waals surface area contributed by atoms with Crippen molar-refractivity contribution in [2.75, 3.05) is 31.1 Å². The maximum absolute atomic E-state index is 12.7. The molecule has 0 unspecified atom stereocenters. The van der Waals surface area contributed by atoms with Gasteiger partial charge < -0.3 is 19.6 Å². The van der Waals surface area contributed by atoms with Crippen molar-refractivity contribution < 1.29 is 9.32 Å². The molecule has 8 nitrogen and oxygen atoms in total. The second kappa shape index (κ2) is 7.16. The molecule has 2 amide bonds. The second-order valence-electron chi connectivity index (χ2n) is 6.49. The average molecular weight is 346 g/mol. The minimum absolute atomic E-state index is 0.0299. The number of urea groups is 1. The number of hydrogen-bond donors (Lipinski definition) is 1. The van der Waals surface area contributed by atoms with Crippen molar-refractivity contribution in [1.29, 1.82) is 0 Å². The highest BCUT2D eigenvalue weighted by atomic mass is 16.5. The minimum Gasteiger partial charge on any atom is -0.365 e. The normalized spacial score (nSPS) is 16.2. The number of piperazine rings is 1. The van der Waals surface area contributed by atoms with Crippen LogP contribution in [0.15, 0.2) is 16.9 Å². The molecule has 8 heteroatoms. The highest BCUT2D eigenvalue weighted by Crippen LogP contribution is 2.24. The highest BCUT2D eigenvalue weighted by molar-refractivity contribution is 5.75. The number of carbonyl (C=O) groups is 1. The summed E-state index contributed by atoms with van der Waals surface area (Å²) >= 11 is 0. The van der Waals surface area contributed by atoms with Gasteiger partial charge in [0.05, 0.1) is 23.6 Å². The van der Waals surface area contributed by atoms with Crippen molar-refractivity contribution in [3.8, 4) is 0 Å². The Bertz CT molecular complexity index is 710. The maximum atomic E-state index is 12.7. The van der Waals surface area contributed by atoms with Crippen LogP contribution in [0.5, 0.6) is 0 Å². The van der Waals surface area contributed by atoms with Gasteiger partial charge in [-0.15, -0.1) is 0 Å². The van der Waals surface area contributed by atoms with E-state index in [0.717, 1.165) is 42.2 Å². The van der Waals surface area contributed by atoms with Crippen LogP contribution in [0.1, 0.15) is 36.4 Å². The summed E-state index contributed by atoms with van der Waals surface area (Å²) in [7, 11) is 1.91. The van der Waals surface area contributed by atoms with E-state index in [-0.39, 0.29) is 12.1 Å². The fourth-order valence-corrected chi connectivity index (χ4v) is 3.35. The van der Waals surface area contributed by atoms with Crippen molar-refractivity contribution in [2.24, 2.45) is 7.05 Å². The maximum Gasteiger partial charge on any atom is 0.318 e. The van der Waals surface area contributed by atoms with Crippen LogP contribution in [0.25, 0.3) is 0 Å². The molecule has 1 saturated heterocycles. The molecule has 1 N–H and O–H groups in total. The lowest BCUT2D eigenvalue weighted by atomic mass is 10.0. The fraction of sp³-hybridized carbons (Fsp3) is 0.588. The molecule has 1 aliphatic rings. The van der Waals surface area contributed by atoms with Gasteiger partial charge in [0.15, 0.2) is 0 Å². The largest absolute Gasteiger partial charge is 0.365 e. The standard InChI is InChI=1S/C17H26N6O2/c1-5-15(16-12(2)20-25-13(16)3)19-17(24)23-8-6-22(7-9-23)14-10-18-21(4)11-14/h10-11,15H,5-9H2,1-4H3,(H,19,24)/t15-/m0/s1. The summed E-state index contributed by atoms with van der Waals surface area (Å²) in [6.07, 6.45) is 4.66. The van der Waals surface area contributed by atoms with E-state index < -0.39 is 0 Å². The van der Waals surface area contributed by atoms with E-state index in [2.05, 4.69) is 27.4 Å². The predicted molar refractivity (Wildman–Crippen MR) is 94.5 cm³/mol. The smallest absolute Gasteiger partial charge is 0.318 e. The zero-order valence-electron chi connectivity index (χ0n) is 15.3. The van der Waals surface area contributed by atoms with Crippen molar-refractivity contribution in [3.05, 3.63) is 29.4 Å². The van der Waals surface area contributed by atoms with Crippen LogP contribution in [0.4, 0.5) is 10.5 Å². The molecule has 3 heterocycles. The summed E-state index contributed by atoms with van der Waals surface area (Å²) < 4.78 is 7.04. The third kappa shape index (κ3) is 3.62. The summed E-state index contributed by atoms with van der Waals surface area (Å²) in [4.78, 5) is 16.8. The monoisotopic (exact) mass is 346 g/mol. The van der Waals surface area contributed by atoms with Crippen molar-refractivity contribution >= 4 is 11.7 Å². The molecule has 1 atom stereocenters. The van der Waals surface area contributed by atoms with E-state index in [1.807, 2.05) is 38.2 Å². The molecule has 1 aliphatic heterocycles. The molecule has 0 bridgehead atoms. The number of hydrogen-bond acceptors (Lipinski definition) is 5. The van der Waals surface area contributed by atoms with Crippen molar-refractivity contribution in [3.63, 3.8) is 0 Å². The number of nitrogens with one attached hydrogen (secondary N) is 1. The molecule has 1 fully saturated rings. The van der Waals surface area contributed by atoms with Crippen molar-refractivity contribution in [2.45, 2.75) is 33.2 Å². The summed E-state index contributed by atoms with van der Waals surface area (Å²) in [6.45, 7) is 8.85. The lowest BCUT2D eigenvalue weighted by molar-refractivity contribution is 0.190. The Morgan fingerprint density at radius 2 is 2.04 bits per heavy atom. The van der Waals surface area contributed by atoms with Gasteiger partial charge in [-0.1, -0.05) is 12.1 Å². The minimum atomic E-state index is -0.0740. The predicted octanol–water partition coefficient (Wildman–Crippen LogP) is 2.01. The molecule has 0 aliphatic carbocycles. The van der Waals surface area contributed by atoms with E-state index >= 15 is 0 Å². The Labute approximate surface area is 147 Å². The van der Waals surface area contributed by atoms with Gasteiger partial charge in [-0.05, 0) is 20.3 Å². The van der Waals surface area contributed by atoms with Gasteiger partial charge >= 0.3 is 6.03 Å². The molecular weight excluding hydrogens is 320 g/mol. The van der Waals surface area contributed by atoms with Gasteiger partial charge in [0.1, 0.15) is 5.76 Å². The SMILES string of the molecule is CC[C@H](NC(=O)N1CCN(c2cnn(C)c2)CC1)c1c(C)noc1C. The lowest BCUT2D eigenvalue weighted by Gasteiger charge is -2.36. The highest BCUT2D eigenvalue weighted by Gasteiger charge is 2.26. The second-order valence-corrected chi connectivity index (χ2v) is 6.49. The first-order valence-corrected chi connectivity index (χ1v) is 8.71. The Kier molecular flexibility index (Phi) is 4.96. The first-order valence-electron chi connectivity index (χ1n) is 8.71. The third-order valence-electron chi connectivity index (χ3n) is 4.77. The molecule has 136 valence electrons. The van der Waals surface area contributed by atoms with Gasteiger partial charge in [-0.25, -0.2) is 4.79 Å². The number of rotatable bonds is 4. The van der Waals surface area contributed by atoms with Gasteiger partial charge in [0.25, 0.3) is 0 Å². The van der Waals surface area contributed by atoms with E-state index in [4.69, 9.17) is 4.52 Å². The van der Waals surface area contributed by atoms with E-state index in [1.54, 1.807) is 4.68 Å². The van der Waals surface area contributed by atoms with Gasteiger partial charge in [-0.2, -0.15) is 5.10 Å². The zero-order chi connectivity index (χ0) is 18.0. The molecule has 2 aromatic rings. The fourth-order valence-electron chi connectivity index (χ4n) is 3.35. The van der Waals surface area contributed by atoms with E-state index in [9.17, 15) is 4.79 Å². The van der Waals surface area contributed by atoms with Crippen LogP contribution in [0, 0.1) is 13.8 Å². The van der Waals surface area contributed by atoms with Gasteiger partial charge in [0.2, 0.25) is 0 Å². The summed E-state index contributed by atoms with van der Waals surface area (Å²) in [5.41, 5.74) is 2.93. The Morgan fingerprint density at radius 3 is 2.56 bits per heavy atom. The molecule has 0 spiro atoms. The van der Waals surface area contributed by atoms with Crippen molar-refractivity contribution in [1.82, 2.24) is 25.2 Å². The van der Waals surface area contributed by atoms with Crippen LogP contribution < -0.4 is 10.2 Å². The number of aryl methyl sites for hydroxylation is 3. The summed E-state index contributed by atoms with van der Waals surface area (Å²) in [5, 5.41) is 11.3. The zero-order valence-corrected chi connectivity index (χ0v) is 15.3. The van der Waals surface area contributed by atoms with Crippen LogP contribution in [-0.2, 0) is 7.05 Å². The Morgan fingerprint density at radius 1 is 1.32 bits per heavy atom.